The van der Waals surface area contributed by atoms with Crippen molar-refractivity contribution in [2.24, 2.45) is 0 Å². The number of methoxy groups -OCH3 is 1. The van der Waals surface area contributed by atoms with Crippen molar-refractivity contribution in [2.75, 3.05) is 7.11 Å². The van der Waals surface area contributed by atoms with E-state index < -0.39 is 0 Å². The molecule has 0 saturated heterocycles. The molecule has 0 aromatic heterocycles. The van der Waals surface area contributed by atoms with Gasteiger partial charge in [-0.1, -0.05) is 0 Å². The topological polar surface area (TPSA) is 75.3 Å². The molecule has 122 valence electrons. The third kappa shape index (κ3) is 3.46. The predicted molar refractivity (Wildman–Crippen MR) is 91.9 cm³/mol. The first-order chi connectivity index (χ1) is 12.1. The van der Waals surface area contributed by atoms with Crippen molar-refractivity contribution in [2.45, 2.75) is 6.92 Å². The third-order valence-electron chi connectivity index (χ3n) is 3.61. The van der Waals surface area contributed by atoms with Gasteiger partial charge in [-0.05, 0) is 43.4 Å². The number of rotatable bonds is 2. The van der Waals surface area contributed by atoms with Crippen LogP contribution in [0.4, 0.5) is 0 Å². The molecule has 2 aliphatic heterocycles. The molecule has 2 heterocycles. The van der Waals surface area contributed by atoms with E-state index in [2.05, 4.69) is 0 Å². The molecule has 0 radical (unpaired) electrons. The van der Waals surface area contributed by atoms with Crippen molar-refractivity contribution in [3.8, 4) is 23.6 Å². The first-order valence-electron chi connectivity index (χ1n) is 7.51. The first kappa shape index (κ1) is 16.2. The van der Waals surface area contributed by atoms with Gasteiger partial charge in [0.25, 0.3) is 0 Å². The number of ether oxygens (including phenoxy) is 3. The Morgan fingerprint density at radius 3 is 2.64 bits per heavy atom. The lowest BCUT2D eigenvalue weighted by Crippen LogP contribution is -2.03. The van der Waals surface area contributed by atoms with E-state index in [1.807, 2.05) is 42.5 Å². The van der Waals surface area contributed by atoms with Crippen LogP contribution in [0.25, 0.3) is 6.08 Å². The molecule has 1 aromatic carbocycles. The lowest BCUT2D eigenvalue weighted by Gasteiger charge is -2.17. The number of nitriles is 2. The molecule has 1 aromatic rings. The number of fused-ring (bicyclic) bond motifs is 1. The van der Waals surface area contributed by atoms with E-state index in [1.54, 1.807) is 32.3 Å². The Labute approximate surface area is 145 Å². The van der Waals surface area contributed by atoms with Gasteiger partial charge in [0.05, 0.1) is 7.11 Å². The summed E-state index contributed by atoms with van der Waals surface area (Å²) in [5, 5.41) is 18.1. The van der Waals surface area contributed by atoms with Gasteiger partial charge in [-0.2, -0.15) is 10.5 Å². The van der Waals surface area contributed by atoms with E-state index in [-0.39, 0.29) is 5.57 Å². The summed E-state index contributed by atoms with van der Waals surface area (Å²) in [4.78, 5) is 0. The second-order valence-corrected chi connectivity index (χ2v) is 5.34. The second kappa shape index (κ2) is 6.82. The maximum Gasteiger partial charge on any atom is 0.138 e. The maximum atomic E-state index is 9.04. The highest BCUT2D eigenvalue weighted by Crippen LogP contribution is 2.32. The SMILES string of the molecule is COc1ccc2c(c1)O/C(=C/C1=CC(=C(C#N)C#N)C=C(C)O1)C=C2. The second-order valence-electron chi connectivity index (χ2n) is 5.34. The highest BCUT2D eigenvalue weighted by molar-refractivity contribution is 5.64. The predicted octanol–water partition coefficient (Wildman–Crippen LogP) is 4.15. The molecule has 25 heavy (non-hydrogen) atoms. The summed E-state index contributed by atoms with van der Waals surface area (Å²) < 4.78 is 16.7. The molecular formula is C20H14N2O3. The average Bonchev–Trinajstić information content (AvgIpc) is 2.61. The highest BCUT2D eigenvalue weighted by Gasteiger charge is 2.14. The van der Waals surface area contributed by atoms with Crippen LogP contribution < -0.4 is 9.47 Å². The van der Waals surface area contributed by atoms with Gasteiger partial charge in [0.2, 0.25) is 0 Å². The van der Waals surface area contributed by atoms with Gasteiger partial charge in [0.1, 0.15) is 46.5 Å². The third-order valence-corrected chi connectivity index (χ3v) is 3.61. The zero-order chi connectivity index (χ0) is 17.8. The van der Waals surface area contributed by atoms with Crippen molar-refractivity contribution in [1.82, 2.24) is 0 Å². The molecule has 2 aliphatic rings. The molecule has 0 atom stereocenters. The smallest absolute Gasteiger partial charge is 0.138 e. The highest BCUT2D eigenvalue weighted by atomic mass is 16.5. The van der Waals surface area contributed by atoms with E-state index in [4.69, 9.17) is 24.7 Å². The fourth-order valence-corrected chi connectivity index (χ4v) is 2.45. The molecule has 0 unspecified atom stereocenters. The van der Waals surface area contributed by atoms with E-state index in [0.29, 0.717) is 34.3 Å². The zero-order valence-electron chi connectivity index (χ0n) is 13.7. The normalized spacial score (nSPS) is 16.5. The standard InChI is InChI=1S/C20H14N2O3/c1-13-7-15(16(11-21)12-22)8-19(24-13)9-18-6-4-14-3-5-17(23-2)10-20(14)25-18/h3-10H,1-2H3/b18-9+. The van der Waals surface area contributed by atoms with Crippen LogP contribution in [0.3, 0.4) is 0 Å². The van der Waals surface area contributed by atoms with E-state index in [0.717, 1.165) is 5.56 Å². The fourth-order valence-electron chi connectivity index (χ4n) is 2.45. The Bertz CT molecular complexity index is 948. The molecule has 0 amide bonds. The molecule has 3 rings (SSSR count). The van der Waals surface area contributed by atoms with Crippen molar-refractivity contribution >= 4 is 6.08 Å². The lowest BCUT2D eigenvalue weighted by atomic mass is 10.1. The molecule has 0 N–H and O–H groups in total. The molecular weight excluding hydrogens is 316 g/mol. The summed E-state index contributed by atoms with van der Waals surface area (Å²) in [5.41, 5.74) is 1.50. The van der Waals surface area contributed by atoms with Gasteiger partial charge in [-0.25, -0.2) is 0 Å². The summed E-state index contributed by atoms with van der Waals surface area (Å²) in [7, 11) is 1.60. The van der Waals surface area contributed by atoms with Gasteiger partial charge in [-0.3, -0.25) is 0 Å². The van der Waals surface area contributed by atoms with Crippen LogP contribution in [0.1, 0.15) is 12.5 Å². The quantitative estimate of drug-likeness (QED) is 0.762. The number of nitrogens with zero attached hydrogens (tertiary/aromatic N) is 2. The van der Waals surface area contributed by atoms with Crippen LogP contribution in [0.15, 0.2) is 70.9 Å². The van der Waals surface area contributed by atoms with Crippen LogP contribution in [0.2, 0.25) is 0 Å². The molecule has 5 nitrogen and oxygen atoms in total. The van der Waals surface area contributed by atoms with Crippen LogP contribution >= 0.6 is 0 Å². The first-order valence-corrected chi connectivity index (χ1v) is 7.51. The zero-order valence-corrected chi connectivity index (χ0v) is 13.7. The van der Waals surface area contributed by atoms with Crippen molar-refractivity contribution in [1.29, 1.82) is 10.5 Å². The largest absolute Gasteiger partial charge is 0.497 e. The monoisotopic (exact) mass is 330 g/mol. The van der Waals surface area contributed by atoms with Crippen LogP contribution in [-0.4, -0.2) is 7.11 Å². The van der Waals surface area contributed by atoms with E-state index in [9.17, 15) is 0 Å². The Hall–Kier alpha value is -3.70. The number of hydrogen-bond acceptors (Lipinski definition) is 5. The van der Waals surface area contributed by atoms with Gasteiger partial charge in [0.15, 0.2) is 0 Å². The minimum atomic E-state index is 0.0359. The summed E-state index contributed by atoms with van der Waals surface area (Å²) in [6, 6.07) is 9.36. The molecule has 0 spiro atoms. The number of allylic oxidation sites excluding steroid dienone is 7. The minimum Gasteiger partial charge on any atom is -0.497 e. The average molecular weight is 330 g/mol. The summed E-state index contributed by atoms with van der Waals surface area (Å²) in [5.74, 6) is 3.05. The summed E-state index contributed by atoms with van der Waals surface area (Å²) in [6.07, 6.45) is 8.76. The van der Waals surface area contributed by atoms with E-state index in [1.165, 1.54) is 0 Å². The fraction of sp³-hybridized carbons (Fsp3) is 0.100. The van der Waals surface area contributed by atoms with Gasteiger partial charge >= 0.3 is 0 Å². The maximum absolute atomic E-state index is 9.04. The Morgan fingerprint density at radius 2 is 1.92 bits per heavy atom. The molecule has 0 aliphatic carbocycles. The molecule has 0 bridgehead atoms. The molecule has 5 heteroatoms. The van der Waals surface area contributed by atoms with Crippen molar-refractivity contribution in [3.63, 3.8) is 0 Å². The Balaban J connectivity index is 1.93. The van der Waals surface area contributed by atoms with Crippen LogP contribution in [-0.2, 0) is 4.74 Å². The number of benzene rings is 1. The molecule has 0 fully saturated rings. The minimum absolute atomic E-state index is 0.0359. The van der Waals surface area contributed by atoms with Gasteiger partial charge in [-0.15, -0.1) is 0 Å². The molecule has 0 saturated carbocycles. The summed E-state index contributed by atoms with van der Waals surface area (Å²) in [6.45, 7) is 1.76. The van der Waals surface area contributed by atoms with Crippen molar-refractivity contribution < 1.29 is 14.2 Å². The van der Waals surface area contributed by atoms with Gasteiger partial charge in [0, 0.05) is 23.3 Å². The Morgan fingerprint density at radius 1 is 1.12 bits per heavy atom. The van der Waals surface area contributed by atoms with Crippen molar-refractivity contribution in [3.05, 3.63) is 76.5 Å². The summed E-state index contributed by atoms with van der Waals surface area (Å²) >= 11 is 0. The lowest BCUT2D eigenvalue weighted by molar-refractivity contribution is 0.313. The van der Waals surface area contributed by atoms with Crippen LogP contribution in [0.5, 0.6) is 11.5 Å². The van der Waals surface area contributed by atoms with Gasteiger partial charge < -0.3 is 14.2 Å². The van der Waals surface area contributed by atoms with Crippen LogP contribution in [0, 0.1) is 22.7 Å². The number of hydrogen-bond donors (Lipinski definition) is 0. The van der Waals surface area contributed by atoms with E-state index >= 15 is 0 Å². The Kier molecular flexibility index (Phi) is 4.41.